The van der Waals surface area contributed by atoms with E-state index >= 15 is 0 Å². The van der Waals surface area contributed by atoms with Crippen LogP contribution >= 0.6 is 22.9 Å². The van der Waals surface area contributed by atoms with Crippen molar-refractivity contribution in [1.82, 2.24) is 4.98 Å². The van der Waals surface area contributed by atoms with Crippen molar-refractivity contribution in [3.63, 3.8) is 0 Å². The lowest BCUT2D eigenvalue weighted by Crippen LogP contribution is -2.29. The van der Waals surface area contributed by atoms with Crippen LogP contribution in [-0.2, 0) is 0 Å². The van der Waals surface area contributed by atoms with E-state index in [4.69, 9.17) is 20.8 Å². The van der Waals surface area contributed by atoms with Gasteiger partial charge in [0.15, 0.2) is 10.6 Å². The molecule has 0 unspecified atom stereocenters. The van der Waals surface area contributed by atoms with E-state index in [2.05, 4.69) is 4.98 Å². The Hall–Kier alpha value is -3.16. The number of thiazole rings is 1. The summed E-state index contributed by atoms with van der Waals surface area (Å²) in [6.07, 6.45) is 1.62. The molecule has 0 radical (unpaired) electrons. The lowest BCUT2D eigenvalue weighted by molar-refractivity contribution is 0.0971. The van der Waals surface area contributed by atoms with Gasteiger partial charge < -0.3 is 9.15 Å². The molecule has 0 fully saturated rings. The normalized spacial score (nSPS) is 15.7. The van der Waals surface area contributed by atoms with Gasteiger partial charge in [0.2, 0.25) is 5.76 Å². The molecule has 0 bridgehead atoms. The molecule has 0 N–H and O–H groups in total. The summed E-state index contributed by atoms with van der Waals surface area (Å²) < 4.78 is 11.1. The van der Waals surface area contributed by atoms with Gasteiger partial charge in [-0.2, -0.15) is 0 Å². The van der Waals surface area contributed by atoms with Gasteiger partial charge in [-0.05, 0) is 29.8 Å². The van der Waals surface area contributed by atoms with Crippen LogP contribution in [0.4, 0.5) is 5.13 Å². The number of aromatic nitrogens is 1. The van der Waals surface area contributed by atoms with Gasteiger partial charge in [0.25, 0.3) is 5.91 Å². The number of nitrogens with zero attached hydrogens (tertiary/aromatic N) is 2. The number of benzene rings is 2. The summed E-state index contributed by atoms with van der Waals surface area (Å²) >= 11 is 7.35. The first kappa shape index (κ1) is 17.9. The third-order valence-corrected chi connectivity index (χ3v) is 5.91. The third kappa shape index (κ3) is 2.73. The van der Waals surface area contributed by atoms with E-state index in [-0.39, 0.29) is 11.2 Å². The molecule has 8 heteroatoms. The summed E-state index contributed by atoms with van der Waals surface area (Å²) in [5, 5.41) is 3.22. The highest BCUT2D eigenvalue weighted by atomic mass is 35.5. The van der Waals surface area contributed by atoms with Gasteiger partial charge in [-0.25, -0.2) is 4.98 Å². The number of ether oxygens (including phenoxy) is 1. The van der Waals surface area contributed by atoms with Gasteiger partial charge in [0.05, 0.1) is 24.1 Å². The van der Waals surface area contributed by atoms with Gasteiger partial charge in [0, 0.05) is 22.7 Å². The molecule has 0 aliphatic carbocycles. The molecule has 144 valence electrons. The van der Waals surface area contributed by atoms with Crippen molar-refractivity contribution in [3.05, 3.63) is 86.2 Å². The lowest BCUT2D eigenvalue weighted by Gasteiger charge is -2.22. The second kappa shape index (κ2) is 6.72. The summed E-state index contributed by atoms with van der Waals surface area (Å²) in [6, 6.07) is 11.4. The molecule has 5 rings (SSSR count). The largest absolute Gasteiger partial charge is 0.497 e. The molecule has 29 heavy (non-hydrogen) atoms. The van der Waals surface area contributed by atoms with Crippen molar-refractivity contribution in [3.8, 4) is 5.75 Å². The molecule has 1 aliphatic rings. The number of carbonyl (C=O) groups is 1. The second-order valence-electron chi connectivity index (χ2n) is 6.48. The molecule has 4 aromatic rings. The number of fused-ring (bicyclic) bond motifs is 2. The minimum absolute atomic E-state index is 0.0194. The predicted octanol–water partition coefficient (Wildman–Crippen LogP) is 4.66. The highest BCUT2D eigenvalue weighted by molar-refractivity contribution is 7.13. The minimum atomic E-state index is -0.649. The maximum absolute atomic E-state index is 13.4. The number of hydrogen-bond acceptors (Lipinski definition) is 6. The minimum Gasteiger partial charge on any atom is -0.497 e. The third-order valence-electron chi connectivity index (χ3n) is 4.89. The molecule has 2 aromatic heterocycles. The van der Waals surface area contributed by atoms with Crippen LogP contribution in [0.1, 0.15) is 27.7 Å². The topological polar surface area (TPSA) is 72.6 Å². The van der Waals surface area contributed by atoms with Crippen LogP contribution in [0.25, 0.3) is 11.0 Å². The Kier molecular flexibility index (Phi) is 4.15. The number of carbonyl (C=O) groups excluding carboxylic acids is 1. The quantitative estimate of drug-likeness (QED) is 0.478. The van der Waals surface area contributed by atoms with Gasteiger partial charge in [-0.1, -0.05) is 23.7 Å². The first-order valence-corrected chi connectivity index (χ1v) is 9.97. The van der Waals surface area contributed by atoms with Gasteiger partial charge >= 0.3 is 0 Å². The molecule has 6 nitrogen and oxygen atoms in total. The van der Waals surface area contributed by atoms with Crippen LogP contribution in [-0.4, -0.2) is 18.0 Å². The first-order valence-electron chi connectivity index (χ1n) is 8.71. The molecule has 0 saturated carbocycles. The Morgan fingerprint density at radius 2 is 1.97 bits per heavy atom. The molecule has 0 saturated heterocycles. The van der Waals surface area contributed by atoms with Gasteiger partial charge in [0.1, 0.15) is 11.3 Å². The first-order chi connectivity index (χ1) is 14.1. The fourth-order valence-corrected chi connectivity index (χ4v) is 4.36. The number of methoxy groups -OCH3 is 1. The van der Waals surface area contributed by atoms with Crippen molar-refractivity contribution in [1.29, 1.82) is 0 Å². The van der Waals surface area contributed by atoms with E-state index in [1.165, 1.54) is 23.3 Å². The lowest BCUT2D eigenvalue weighted by atomic mass is 9.99. The maximum atomic E-state index is 13.4. The smallest absolute Gasteiger partial charge is 0.297 e. The number of rotatable bonds is 3. The monoisotopic (exact) mass is 424 g/mol. The van der Waals surface area contributed by atoms with E-state index < -0.39 is 11.9 Å². The summed E-state index contributed by atoms with van der Waals surface area (Å²) in [5.41, 5.74) is 1.09. The van der Waals surface area contributed by atoms with Crippen LogP contribution < -0.4 is 15.1 Å². The molecule has 1 aliphatic heterocycles. The number of amides is 1. The zero-order valence-electron chi connectivity index (χ0n) is 15.1. The van der Waals surface area contributed by atoms with Crippen LogP contribution in [0.2, 0.25) is 5.02 Å². The van der Waals surface area contributed by atoms with Crippen LogP contribution in [0, 0.1) is 0 Å². The zero-order chi connectivity index (χ0) is 20.1. The Labute approximate surface area is 173 Å². The van der Waals surface area contributed by atoms with Crippen LogP contribution in [0.5, 0.6) is 5.75 Å². The molecular weight excluding hydrogens is 412 g/mol. The summed E-state index contributed by atoms with van der Waals surface area (Å²) in [6.45, 7) is 0. The summed E-state index contributed by atoms with van der Waals surface area (Å²) in [7, 11) is 1.53. The number of hydrogen-bond donors (Lipinski definition) is 0. The SMILES string of the molecule is COc1ccc2c(=O)c3c(oc2c1)C(=O)N(c1nccs1)[C@@H]3c1ccc(Cl)cc1. The van der Waals surface area contributed by atoms with Crippen molar-refractivity contribution < 1.29 is 13.9 Å². The van der Waals surface area contributed by atoms with E-state index in [1.807, 2.05) is 0 Å². The number of halogens is 1. The van der Waals surface area contributed by atoms with Crippen LogP contribution in [0.15, 0.2) is 63.3 Å². The Balaban J connectivity index is 1.81. The molecule has 1 amide bonds. The van der Waals surface area contributed by atoms with Crippen molar-refractivity contribution >= 4 is 44.9 Å². The molecule has 2 aromatic carbocycles. The standard InChI is InChI=1S/C21H13ClN2O4S/c1-27-13-6-7-14-15(10-13)28-19-16(18(14)25)17(11-2-4-12(22)5-3-11)24(20(19)26)21-23-8-9-29-21/h2-10,17H,1H3/t17-/m1/s1. The average molecular weight is 425 g/mol. The Bertz CT molecular complexity index is 1300. The summed E-state index contributed by atoms with van der Waals surface area (Å²) in [5.74, 6) is 0.152. The fraction of sp³-hybridized carbons (Fsp3) is 0.0952. The molecule has 0 spiro atoms. The van der Waals surface area contributed by atoms with Gasteiger partial charge in [-0.3, -0.25) is 14.5 Å². The van der Waals surface area contributed by atoms with E-state index in [0.29, 0.717) is 32.4 Å². The second-order valence-corrected chi connectivity index (χ2v) is 7.79. The van der Waals surface area contributed by atoms with Crippen molar-refractivity contribution in [2.75, 3.05) is 12.0 Å². The van der Waals surface area contributed by atoms with E-state index in [1.54, 1.807) is 54.0 Å². The Morgan fingerprint density at radius 1 is 1.17 bits per heavy atom. The highest BCUT2D eigenvalue weighted by Crippen LogP contribution is 2.42. The van der Waals surface area contributed by atoms with E-state index in [0.717, 1.165) is 5.56 Å². The van der Waals surface area contributed by atoms with Crippen molar-refractivity contribution in [2.45, 2.75) is 6.04 Å². The average Bonchev–Trinajstić information content (AvgIpc) is 3.35. The molecule has 3 heterocycles. The molecular formula is C21H13ClN2O4S. The highest BCUT2D eigenvalue weighted by Gasteiger charge is 2.44. The molecule has 1 atom stereocenters. The van der Waals surface area contributed by atoms with E-state index in [9.17, 15) is 9.59 Å². The van der Waals surface area contributed by atoms with Gasteiger partial charge in [-0.15, -0.1) is 11.3 Å². The van der Waals surface area contributed by atoms with Crippen molar-refractivity contribution in [2.24, 2.45) is 0 Å². The number of anilines is 1. The van der Waals surface area contributed by atoms with Crippen LogP contribution in [0.3, 0.4) is 0 Å². The zero-order valence-corrected chi connectivity index (χ0v) is 16.7. The summed E-state index contributed by atoms with van der Waals surface area (Å²) in [4.78, 5) is 32.5. The predicted molar refractivity (Wildman–Crippen MR) is 111 cm³/mol. The Morgan fingerprint density at radius 3 is 2.66 bits per heavy atom. The maximum Gasteiger partial charge on any atom is 0.297 e. The fourth-order valence-electron chi connectivity index (χ4n) is 3.57.